The third-order valence-corrected chi connectivity index (χ3v) is 7.18. The van der Waals surface area contributed by atoms with Gasteiger partial charge in [0.15, 0.2) is 0 Å². The minimum Gasteiger partial charge on any atom is -0.399 e. The maximum atomic E-state index is 12.8. The van der Waals surface area contributed by atoms with E-state index in [1.807, 2.05) is 58.9 Å². The first-order chi connectivity index (χ1) is 16.3. The second-order valence-electron chi connectivity index (χ2n) is 9.64. The molecule has 1 aliphatic rings. The third-order valence-electron chi connectivity index (χ3n) is 6.76. The van der Waals surface area contributed by atoms with Crippen molar-refractivity contribution < 1.29 is 14.1 Å². The molecule has 10 heteroatoms. The normalized spacial score (nSPS) is 16.4. The first-order valence-corrected chi connectivity index (χ1v) is 11.6. The molecule has 35 heavy (non-hydrogen) atoms. The van der Waals surface area contributed by atoms with Crippen LogP contribution in [0.3, 0.4) is 0 Å². The van der Waals surface area contributed by atoms with Gasteiger partial charge in [-0.25, -0.2) is 4.79 Å². The molecule has 1 saturated heterocycles. The Labute approximate surface area is 208 Å². The van der Waals surface area contributed by atoms with Crippen LogP contribution >= 0.6 is 11.6 Å². The van der Waals surface area contributed by atoms with Crippen LogP contribution in [-0.2, 0) is 16.4 Å². The molecule has 0 spiro atoms. The van der Waals surface area contributed by atoms with Gasteiger partial charge < -0.3 is 19.2 Å². The van der Waals surface area contributed by atoms with Crippen LogP contribution in [-0.4, -0.2) is 33.8 Å². The van der Waals surface area contributed by atoms with Gasteiger partial charge in [-0.3, -0.25) is 14.6 Å². The summed E-state index contributed by atoms with van der Waals surface area (Å²) in [4.78, 5) is 38.7. The number of aromatic nitrogens is 2. The van der Waals surface area contributed by atoms with Crippen LogP contribution in [0.1, 0.15) is 43.6 Å². The molecular weight excluding hydrogens is 469 g/mol. The van der Waals surface area contributed by atoms with Crippen molar-refractivity contribution in [3.05, 3.63) is 79.6 Å². The van der Waals surface area contributed by atoms with E-state index in [1.165, 1.54) is 13.2 Å². The predicted molar refractivity (Wildman–Crippen MR) is 138 cm³/mol. The minimum absolute atomic E-state index is 0.169. The fourth-order valence-electron chi connectivity index (χ4n) is 3.89. The first-order valence-electron chi connectivity index (χ1n) is 11.2. The molecule has 2 heterocycles. The van der Waals surface area contributed by atoms with Crippen molar-refractivity contribution in [2.24, 2.45) is 7.05 Å². The van der Waals surface area contributed by atoms with Gasteiger partial charge in [-0.05, 0) is 51.8 Å². The number of benzene rings is 2. The molecule has 0 bridgehead atoms. The second-order valence-corrected chi connectivity index (χ2v) is 10.0. The van der Waals surface area contributed by atoms with Gasteiger partial charge in [0.25, 0.3) is 11.5 Å². The number of nitrogens with zero attached hydrogens (tertiary/aromatic N) is 1. The zero-order chi connectivity index (χ0) is 25.7. The van der Waals surface area contributed by atoms with E-state index in [9.17, 15) is 14.4 Å². The van der Waals surface area contributed by atoms with Crippen LogP contribution in [0, 0.1) is 6.92 Å². The molecule has 1 aliphatic heterocycles. The first kappa shape index (κ1) is 25.0. The highest BCUT2D eigenvalue weighted by molar-refractivity contribution is 6.66. The molecule has 3 aromatic rings. The lowest BCUT2D eigenvalue weighted by Gasteiger charge is -2.32. The Balaban J connectivity index is 1.69. The number of nitrogens with one attached hydrogen (secondary N) is 2. The Morgan fingerprint density at radius 3 is 2.29 bits per heavy atom. The third kappa shape index (κ3) is 4.47. The van der Waals surface area contributed by atoms with E-state index in [-0.39, 0.29) is 5.56 Å². The van der Waals surface area contributed by atoms with Gasteiger partial charge in [0.2, 0.25) is 0 Å². The fraction of sp³-hybridized carbons (Fsp3) is 0.320. The topological polar surface area (TPSA) is 102 Å². The van der Waals surface area contributed by atoms with Gasteiger partial charge in [0.1, 0.15) is 5.56 Å². The van der Waals surface area contributed by atoms with Crippen molar-refractivity contribution in [3.8, 4) is 11.1 Å². The number of hydrogen-bond acceptors (Lipinski definition) is 5. The van der Waals surface area contributed by atoms with Crippen LogP contribution in [0.2, 0.25) is 5.02 Å². The van der Waals surface area contributed by atoms with Crippen LogP contribution in [0.15, 0.2) is 52.2 Å². The number of aryl methyl sites for hydroxylation is 1. The maximum Gasteiger partial charge on any atom is 0.496 e. The highest BCUT2D eigenvalue weighted by Crippen LogP contribution is 2.38. The number of carbonyl (C=O) groups excluding carboxylic acids is 1. The maximum absolute atomic E-state index is 12.8. The number of H-pyrrole nitrogens is 1. The number of hydrogen-bond donors (Lipinski definition) is 2. The van der Waals surface area contributed by atoms with E-state index in [4.69, 9.17) is 20.9 Å². The molecule has 0 unspecified atom stereocenters. The van der Waals surface area contributed by atoms with E-state index in [2.05, 4.69) is 10.3 Å². The molecule has 0 saturated carbocycles. The van der Waals surface area contributed by atoms with Gasteiger partial charge in [0.05, 0.1) is 11.2 Å². The number of carbonyl (C=O) groups is 1. The molecule has 8 nitrogen and oxygen atoms in total. The van der Waals surface area contributed by atoms with Crippen LogP contribution < -0.4 is 22.0 Å². The molecule has 182 valence electrons. The van der Waals surface area contributed by atoms with E-state index in [1.54, 1.807) is 12.1 Å². The van der Waals surface area contributed by atoms with E-state index < -0.39 is 35.5 Å². The minimum atomic E-state index is -0.752. The smallest absolute Gasteiger partial charge is 0.399 e. The summed E-state index contributed by atoms with van der Waals surface area (Å²) in [6, 6.07) is 11.1. The van der Waals surface area contributed by atoms with Gasteiger partial charge in [-0.1, -0.05) is 41.9 Å². The summed E-state index contributed by atoms with van der Waals surface area (Å²) in [5.41, 5.74) is 1.02. The summed E-state index contributed by atoms with van der Waals surface area (Å²) in [5, 5.41) is 3.26. The summed E-state index contributed by atoms with van der Waals surface area (Å²) in [6.07, 6.45) is 1.21. The monoisotopic (exact) mass is 495 g/mol. The lowest BCUT2D eigenvalue weighted by Crippen LogP contribution is -2.41. The van der Waals surface area contributed by atoms with E-state index in [0.29, 0.717) is 16.2 Å². The Kier molecular flexibility index (Phi) is 6.29. The van der Waals surface area contributed by atoms with Crippen molar-refractivity contribution in [1.29, 1.82) is 0 Å². The van der Waals surface area contributed by atoms with Crippen molar-refractivity contribution in [2.75, 3.05) is 5.32 Å². The van der Waals surface area contributed by atoms with Crippen molar-refractivity contribution >= 4 is 35.8 Å². The molecular formula is C25H27BClN3O5. The molecule has 0 aliphatic carbocycles. The average Bonchev–Trinajstić information content (AvgIpc) is 2.99. The SMILES string of the molecule is Cc1c(NC(=O)c2cn(C)c(=O)[nH]c2=O)cccc1-c1cccc(B2OC(C)(C)C(C)(C)O2)c1Cl. The fourth-order valence-corrected chi connectivity index (χ4v) is 4.20. The quantitative estimate of drug-likeness (QED) is 0.541. The lowest BCUT2D eigenvalue weighted by molar-refractivity contribution is 0.00578. The highest BCUT2D eigenvalue weighted by Gasteiger charge is 2.52. The summed E-state index contributed by atoms with van der Waals surface area (Å²) in [7, 11) is 0.836. The number of aromatic amines is 1. The Bertz CT molecular complexity index is 1430. The molecule has 4 rings (SSSR count). The molecule has 0 atom stereocenters. The largest absolute Gasteiger partial charge is 0.496 e. The van der Waals surface area contributed by atoms with Crippen molar-refractivity contribution in [3.63, 3.8) is 0 Å². The molecule has 1 amide bonds. The molecule has 1 aromatic heterocycles. The summed E-state index contributed by atoms with van der Waals surface area (Å²) >= 11 is 6.86. The zero-order valence-electron chi connectivity index (χ0n) is 20.5. The number of halogens is 1. The van der Waals surface area contributed by atoms with E-state index in [0.717, 1.165) is 21.3 Å². The van der Waals surface area contributed by atoms with E-state index >= 15 is 0 Å². The Hall–Kier alpha value is -3.14. The lowest BCUT2D eigenvalue weighted by atomic mass is 9.77. The molecule has 1 fully saturated rings. The predicted octanol–water partition coefficient (Wildman–Crippen LogP) is 3.25. The van der Waals surface area contributed by atoms with Crippen LogP contribution in [0.4, 0.5) is 5.69 Å². The molecule has 2 aromatic carbocycles. The number of rotatable bonds is 4. The van der Waals surface area contributed by atoms with Crippen molar-refractivity contribution in [1.82, 2.24) is 9.55 Å². The van der Waals surface area contributed by atoms with Gasteiger partial charge in [-0.2, -0.15) is 0 Å². The number of anilines is 1. The van der Waals surface area contributed by atoms with Crippen molar-refractivity contribution in [2.45, 2.75) is 45.8 Å². The summed E-state index contributed by atoms with van der Waals surface area (Å²) < 4.78 is 13.5. The zero-order valence-corrected chi connectivity index (χ0v) is 21.2. The standard InChI is InChI=1S/C25H27BClN3O5/c1-14-15(9-8-12-19(14)28-21(31)17-13-30(6)23(33)29-22(17)32)16-10-7-11-18(20(16)27)26-34-24(2,3)25(4,5)35-26/h7-13H,1-6H3,(H,28,31)(H,29,32,33). The summed E-state index contributed by atoms with van der Waals surface area (Å²) in [5.74, 6) is -0.626. The highest BCUT2D eigenvalue weighted by atomic mass is 35.5. The van der Waals surface area contributed by atoms with Gasteiger partial charge in [0, 0.05) is 35.0 Å². The second kappa shape index (κ2) is 8.82. The van der Waals surface area contributed by atoms with Crippen LogP contribution in [0.25, 0.3) is 11.1 Å². The summed E-state index contributed by atoms with van der Waals surface area (Å²) in [6.45, 7) is 9.79. The van der Waals surface area contributed by atoms with Gasteiger partial charge >= 0.3 is 12.8 Å². The van der Waals surface area contributed by atoms with Gasteiger partial charge in [-0.15, -0.1) is 0 Å². The van der Waals surface area contributed by atoms with Crippen LogP contribution in [0.5, 0.6) is 0 Å². The molecule has 2 N–H and O–H groups in total. The number of amides is 1. The average molecular weight is 496 g/mol. The molecule has 0 radical (unpaired) electrons. The Morgan fingerprint density at radius 2 is 1.63 bits per heavy atom. The Morgan fingerprint density at radius 1 is 1.03 bits per heavy atom.